The number of methoxy groups -OCH3 is 1. The Hall–Kier alpha value is -3.25. The van der Waals surface area contributed by atoms with Crippen LogP contribution in [0.2, 0.25) is 0 Å². The summed E-state index contributed by atoms with van der Waals surface area (Å²) in [4.78, 5) is 2.38. The van der Waals surface area contributed by atoms with Gasteiger partial charge in [-0.1, -0.05) is 19.1 Å². The monoisotopic (exact) mass is 518 g/mol. The number of nitrogen functional groups attached to an aromatic ring is 1. The van der Waals surface area contributed by atoms with E-state index < -0.39 is 0 Å². The molecule has 1 aliphatic heterocycles. The molecule has 5 nitrogen and oxygen atoms in total. The number of likely N-dealkylation sites (tertiary alicyclic amines) is 1. The summed E-state index contributed by atoms with van der Waals surface area (Å²) < 4.78 is 26.4. The van der Waals surface area contributed by atoms with Crippen LogP contribution in [0.15, 0.2) is 42.5 Å². The number of anilines is 1. The first-order valence-corrected chi connectivity index (χ1v) is 13.9. The molecule has 1 heterocycles. The summed E-state index contributed by atoms with van der Waals surface area (Å²) in [6, 6.07) is 12.7. The van der Waals surface area contributed by atoms with Gasteiger partial charge in [0.1, 0.15) is 18.1 Å². The third kappa shape index (κ3) is 5.60. The Labute approximate surface area is 225 Å². The minimum absolute atomic E-state index is 0.236. The van der Waals surface area contributed by atoms with E-state index >= 15 is 4.39 Å². The van der Waals surface area contributed by atoms with Crippen molar-refractivity contribution in [3.05, 3.63) is 70.5 Å². The highest BCUT2D eigenvalue weighted by molar-refractivity contribution is 5.86. The molecular weight excluding hydrogens is 479 g/mol. The standard InChI is InChI=1S/C32H39FN2O3/c1-21-13-15-35(16-14-21)17-18-38-30-11-7-22(20-27(30)33)19-26-29(37-2)12-9-25(32(26)34)31-24-6-4-3-5-23(24)8-10-28(31)36/h7-12,20-21,36H,3-6,13-19,34H2,1-2H3. The van der Waals surface area contributed by atoms with E-state index in [2.05, 4.69) is 11.8 Å². The fourth-order valence-corrected chi connectivity index (χ4v) is 5.90. The number of rotatable bonds is 8. The van der Waals surface area contributed by atoms with Crippen molar-refractivity contribution in [3.8, 4) is 28.4 Å². The highest BCUT2D eigenvalue weighted by Crippen LogP contribution is 2.43. The Morgan fingerprint density at radius 2 is 1.79 bits per heavy atom. The molecule has 0 unspecified atom stereocenters. The van der Waals surface area contributed by atoms with Crippen molar-refractivity contribution in [2.75, 3.05) is 39.1 Å². The molecule has 0 spiro atoms. The molecule has 1 aliphatic carbocycles. The van der Waals surface area contributed by atoms with E-state index in [9.17, 15) is 5.11 Å². The summed E-state index contributed by atoms with van der Waals surface area (Å²) in [6.07, 6.45) is 7.01. The van der Waals surface area contributed by atoms with Gasteiger partial charge >= 0.3 is 0 Å². The van der Waals surface area contributed by atoms with Crippen molar-refractivity contribution in [3.63, 3.8) is 0 Å². The Bertz CT molecular complexity index is 1280. The third-order valence-corrected chi connectivity index (χ3v) is 8.23. The second kappa shape index (κ2) is 11.6. The van der Waals surface area contributed by atoms with Gasteiger partial charge in [-0.2, -0.15) is 0 Å². The van der Waals surface area contributed by atoms with E-state index in [-0.39, 0.29) is 17.3 Å². The van der Waals surface area contributed by atoms with E-state index in [1.54, 1.807) is 19.2 Å². The molecule has 3 aromatic carbocycles. The van der Waals surface area contributed by atoms with Crippen LogP contribution >= 0.6 is 0 Å². The molecule has 2 aliphatic rings. The van der Waals surface area contributed by atoms with Gasteiger partial charge in [-0.05, 0) is 105 Å². The number of aryl methyl sites for hydroxylation is 1. The fourth-order valence-electron chi connectivity index (χ4n) is 5.90. The third-order valence-electron chi connectivity index (χ3n) is 8.23. The molecule has 5 rings (SSSR count). The van der Waals surface area contributed by atoms with E-state index in [4.69, 9.17) is 15.2 Å². The first-order valence-electron chi connectivity index (χ1n) is 13.9. The number of ether oxygens (including phenoxy) is 2. The molecule has 3 aromatic rings. The Morgan fingerprint density at radius 3 is 2.55 bits per heavy atom. The zero-order valence-corrected chi connectivity index (χ0v) is 22.6. The van der Waals surface area contributed by atoms with Gasteiger partial charge in [0.15, 0.2) is 11.6 Å². The number of phenols is 1. The van der Waals surface area contributed by atoms with Crippen molar-refractivity contribution in [2.45, 2.75) is 51.9 Å². The van der Waals surface area contributed by atoms with Crippen LogP contribution in [0.5, 0.6) is 17.2 Å². The molecule has 3 N–H and O–H groups in total. The maximum absolute atomic E-state index is 15.0. The van der Waals surface area contributed by atoms with Gasteiger partial charge in [-0.3, -0.25) is 4.90 Å². The van der Waals surface area contributed by atoms with Crippen molar-refractivity contribution >= 4 is 5.69 Å². The molecule has 38 heavy (non-hydrogen) atoms. The molecule has 0 saturated carbocycles. The lowest BCUT2D eigenvalue weighted by Crippen LogP contribution is -2.35. The molecule has 0 bridgehead atoms. The van der Waals surface area contributed by atoms with Crippen molar-refractivity contribution in [1.82, 2.24) is 4.90 Å². The maximum atomic E-state index is 15.0. The number of nitrogens with two attached hydrogens (primary N) is 1. The molecule has 0 atom stereocenters. The van der Waals surface area contributed by atoms with Gasteiger partial charge in [-0.25, -0.2) is 4.39 Å². The number of aromatic hydroxyl groups is 1. The zero-order chi connectivity index (χ0) is 26.6. The van der Waals surface area contributed by atoms with Crippen LogP contribution in [0.1, 0.15) is 54.9 Å². The average molecular weight is 519 g/mol. The predicted molar refractivity (Wildman–Crippen MR) is 151 cm³/mol. The second-order valence-electron chi connectivity index (χ2n) is 10.8. The Kier molecular flexibility index (Phi) is 8.08. The number of hydrogen-bond acceptors (Lipinski definition) is 5. The normalized spacial score (nSPS) is 16.3. The van der Waals surface area contributed by atoms with Crippen LogP contribution in [-0.4, -0.2) is 43.4 Å². The van der Waals surface area contributed by atoms with Gasteiger partial charge in [0.25, 0.3) is 0 Å². The number of hydrogen-bond donors (Lipinski definition) is 2. The van der Waals surface area contributed by atoms with Gasteiger partial charge in [0.05, 0.1) is 7.11 Å². The van der Waals surface area contributed by atoms with Gasteiger partial charge < -0.3 is 20.3 Å². The van der Waals surface area contributed by atoms with Crippen molar-refractivity contribution in [2.24, 2.45) is 5.92 Å². The second-order valence-corrected chi connectivity index (χ2v) is 10.8. The predicted octanol–water partition coefficient (Wildman–Crippen LogP) is 6.37. The number of halogens is 1. The Balaban J connectivity index is 1.35. The number of nitrogens with zero attached hydrogens (tertiary/aromatic N) is 1. The van der Waals surface area contributed by atoms with E-state index in [0.29, 0.717) is 24.5 Å². The summed E-state index contributed by atoms with van der Waals surface area (Å²) in [5, 5.41) is 10.8. The first-order chi connectivity index (χ1) is 18.4. The number of piperidine rings is 1. The number of phenolic OH excluding ortho intramolecular Hbond substituents is 1. The summed E-state index contributed by atoms with van der Waals surface area (Å²) in [5.74, 6) is 1.56. The minimum atomic E-state index is -0.377. The summed E-state index contributed by atoms with van der Waals surface area (Å²) in [7, 11) is 1.61. The van der Waals surface area contributed by atoms with E-state index in [1.807, 2.05) is 24.3 Å². The smallest absolute Gasteiger partial charge is 0.165 e. The van der Waals surface area contributed by atoms with Crippen LogP contribution in [0.4, 0.5) is 10.1 Å². The lowest BCUT2D eigenvalue weighted by atomic mass is 9.84. The molecule has 1 saturated heterocycles. The highest BCUT2D eigenvalue weighted by atomic mass is 19.1. The lowest BCUT2D eigenvalue weighted by Gasteiger charge is -2.29. The molecule has 6 heteroatoms. The lowest BCUT2D eigenvalue weighted by molar-refractivity contribution is 0.158. The fraction of sp³-hybridized carbons (Fsp3) is 0.438. The molecule has 1 fully saturated rings. The molecule has 0 radical (unpaired) electrons. The first kappa shape index (κ1) is 26.4. The molecule has 202 valence electrons. The van der Waals surface area contributed by atoms with Crippen LogP contribution in [-0.2, 0) is 19.3 Å². The van der Waals surface area contributed by atoms with Gasteiger partial charge in [0.2, 0.25) is 0 Å². The molecule has 0 amide bonds. The molecule has 0 aromatic heterocycles. The quantitative estimate of drug-likeness (QED) is 0.339. The largest absolute Gasteiger partial charge is 0.507 e. The zero-order valence-electron chi connectivity index (χ0n) is 22.6. The van der Waals surface area contributed by atoms with Gasteiger partial charge in [0, 0.05) is 35.3 Å². The highest BCUT2D eigenvalue weighted by Gasteiger charge is 2.22. The SMILES string of the molecule is COc1ccc(-c2c(O)ccc3c2CCCC3)c(N)c1Cc1ccc(OCCN2CCC(C)CC2)c(F)c1. The summed E-state index contributed by atoms with van der Waals surface area (Å²) in [6.45, 7) is 5.74. The summed E-state index contributed by atoms with van der Waals surface area (Å²) in [5.41, 5.74) is 12.9. The van der Waals surface area contributed by atoms with Crippen LogP contribution in [0, 0.1) is 11.7 Å². The Morgan fingerprint density at radius 1 is 1.03 bits per heavy atom. The van der Waals surface area contributed by atoms with Crippen molar-refractivity contribution in [1.29, 1.82) is 0 Å². The topological polar surface area (TPSA) is 68.0 Å². The van der Waals surface area contributed by atoms with Crippen molar-refractivity contribution < 1.29 is 19.0 Å². The van der Waals surface area contributed by atoms with E-state index in [0.717, 1.165) is 73.5 Å². The van der Waals surface area contributed by atoms with Crippen LogP contribution < -0.4 is 15.2 Å². The van der Waals surface area contributed by atoms with Crippen LogP contribution in [0.3, 0.4) is 0 Å². The number of benzene rings is 3. The summed E-state index contributed by atoms with van der Waals surface area (Å²) >= 11 is 0. The van der Waals surface area contributed by atoms with Crippen LogP contribution in [0.25, 0.3) is 11.1 Å². The van der Waals surface area contributed by atoms with Gasteiger partial charge in [-0.15, -0.1) is 0 Å². The number of fused-ring (bicyclic) bond motifs is 1. The minimum Gasteiger partial charge on any atom is -0.507 e. The average Bonchev–Trinajstić information content (AvgIpc) is 2.92. The maximum Gasteiger partial charge on any atom is 0.165 e. The van der Waals surface area contributed by atoms with E-state index in [1.165, 1.54) is 30.0 Å². The molecular formula is C32H39FN2O3.